The molecule has 1 heterocycles. The largest absolute Gasteiger partial charge is 0.389 e. The Hall–Kier alpha value is -1.16. The number of sulfonamides is 1. The first-order valence-corrected chi connectivity index (χ1v) is 7.15. The molecule has 10 heteroatoms. The van der Waals surface area contributed by atoms with Crippen molar-refractivity contribution in [2.75, 3.05) is 5.75 Å². The van der Waals surface area contributed by atoms with Crippen LogP contribution in [0, 0.1) is 0 Å². The van der Waals surface area contributed by atoms with Gasteiger partial charge in [-0.1, -0.05) is 0 Å². The average Bonchev–Trinajstić information content (AvgIpc) is 2.20. The first kappa shape index (κ1) is 15.9. The summed E-state index contributed by atoms with van der Waals surface area (Å²) in [5, 5.41) is 1.95. The van der Waals surface area contributed by atoms with E-state index >= 15 is 0 Å². The van der Waals surface area contributed by atoms with Gasteiger partial charge >= 0.3 is 6.18 Å². The number of piperidine rings is 1. The van der Waals surface area contributed by atoms with E-state index in [1.165, 1.54) is 0 Å². The third-order valence-electron chi connectivity index (χ3n) is 2.43. The van der Waals surface area contributed by atoms with Crippen molar-refractivity contribution in [3.8, 4) is 0 Å². The maximum Gasteiger partial charge on any atom is 0.389 e. The zero-order chi connectivity index (χ0) is 14.7. The van der Waals surface area contributed by atoms with Crippen LogP contribution >= 0.6 is 0 Å². The maximum absolute atomic E-state index is 11.9. The predicted octanol–water partition coefficient (Wildman–Crippen LogP) is 0.0535. The van der Waals surface area contributed by atoms with Gasteiger partial charge < -0.3 is 0 Å². The van der Waals surface area contributed by atoms with Gasteiger partial charge in [-0.25, -0.2) is 13.1 Å². The molecule has 19 heavy (non-hydrogen) atoms. The summed E-state index contributed by atoms with van der Waals surface area (Å²) in [4.78, 5) is 22.1. The number of imide groups is 1. The molecule has 1 unspecified atom stereocenters. The quantitative estimate of drug-likeness (QED) is 0.702. The van der Waals surface area contributed by atoms with Crippen LogP contribution in [-0.4, -0.2) is 38.2 Å². The van der Waals surface area contributed by atoms with Crippen LogP contribution in [0.3, 0.4) is 0 Å². The van der Waals surface area contributed by atoms with Gasteiger partial charge in [-0.05, 0) is 12.8 Å². The second kappa shape index (κ2) is 5.87. The highest BCUT2D eigenvalue weighted by atomic mass is 32.2. The fourth-order valence-corrected chi connectivity index (χ4v) is 2.84. The Labute approximate surface area is 107 Å². The molecule has 2 N–H and O–H groups in total. The van der Waals surface area contributed by atoms with E-state index in [4.69, 9.17) is 0 Å². The molecule has 0 aliphatic carbocycles. The second-order valence-electron chi connectivity index (χ2n) is 4.16. The summed E-state index contributed by atoms with van der Waals surface area (Å²) in [6.45, 7) is 0. The zero-order valence-corrected chi connectivity index (χ0v) is 10.6. The van der Waals surface area contributed by atoms with Gasteiger partial charge in [0.25, 0.3) is 0 Å². The van der Waals surface area contributed by atoms with Crippen molar-refractivity contribution in [1.29, 1.82) is 0 Å². The van der Waals surface area contributed by atoms with Crippen molar-refractivity contribution < 1.29 is 31.2 Å². The first-order chi connectivity index (χ1) is 8.59. The van der Waals surface area contributed by atoms with Gasteiger partial charge in [-0.2, -0.15) is 13.2 Å². The van der Waals surface area contributed by atoms with Crippen molar-refractivity contribution in [3.63, 3.8) is 0 Å². The van der Waals surface area contributed by atoms with Gasteiger partial charge in [-0.3, -0.25) is 14.9 Å². The number of carbonyl (C=O) groups is 2. The SMILES string of the molecule is O=C1CCC(NS(=O)(=O)CCCC(F)(F)F)C(=O)N1. The number of nitrogens with one attached hydrogen (secondary N) is 2. The van der Waals surface area contributed by atoms with E-state index in [-0.39, 0.29) is 12.8 Å². The van der Waals surface area contributed by atoms with Gasteiger partial charge in [0, 0.05) is 12.8 Å². The van der Waals surface area contributed by atoms with Crippen LogP contribution in [0.15, 0.2) is 0 Å². The lowest BCUT2D eigenvalue weighted by Gasteiger charge is -2.21. The highest BCUT2D eigenvalue weighted by Gasteiger charge is 2.31. The lowest BCUT2D eigenvalue weighted by Crippen LogP contribution is -2.52. The predicted molar refractivity (Wildman–Crippen MR) is 58.4 cm³/mol. The fourth-order valence-electron chi connectivity index (χ4n) is 1.54. The number of alkyl halides is 3. The van der Waals surface area contributed by atoms with Gasteiger partial charge in [0.05, 0.1) is 5.75 Å². The summed E-state index contributed by atoms with van der Waals surface area (Å²) < 4.78 is 60.6. The van der Waals surface area contributed by atoms with Crippen LogP contribution in [-0.2, 0) is 19.6 Å². The summed E-state index contributed by atoms with van der Waals surface area (Å²) in [6, 6.07) is -1.10. The molecule has 1 atom stereocenters. The Kier molecular flexibility index (Phi) is 4.91. The topological polar surface area (TPSA) is 92.3 Å². The van der Waals surface area contributed by atoms with Crippen molar-refractivity contribution in [3.05, 3.63) is 0 Å². The molecular weight excluding hydrogens is 289 g/mol. The standard InChI is InChI=1S/C9H13F3N2O4S/c10-9(11,12)4-1-5-19(17,18)14-6-2-3-7(15)13-8(6)16/h6,14H,1-5H2,(H,13,15,16). The van der Waals surface area contributed by atoms with E-state index < -0.39 is 52.7 Å². The van der Waals surface area contributed by atoms with Crippen molar-refractivity contribution in [2.45, 2.75) is 37.9 Å². The molecule has 0 spiro atoms. The molecule has 2 amide bonds. The normalized spacial score (nSPS) is 21.3. The van der Waals surface area contributed by atoms with Crippen molar-refractivity contribution >= 4 is 21.8 Å². The van der Waals surface area contributed by atoms with Crippen LogP contribution in [0.4, 0.5) is 13.2 Å². The Balaban J connectivity index is 2.46. The lowest BCUT2D eigenvalue weighted by atomic mass is 10.1. The minimum absolute atomic E-state index is 0.00314. The molecule has 110 valence electrons. The summed E-state index contributed by atoms with van der Waals surface area (Å²) in [5.74, 6) is -2.00. The molecule has 1 saturated heterocycles. The fraction of sp³-hybridized carbons (Fsp3) is 0.778. The van der Waals surface area contributed by atoms with E-state index in [0.29, 0.717) is 0 Å². The molecule has 6 nitrogen and oxygen atoms in total. The van der Waals surface area contributed by atoms with E-state index in [1.54, 1.807) is 0 Å². The molecule has 1 fully saturated rings. The Morgan fingerprint density at radius 3 is 2.47 bits per heavy atom. The minimum Gasteiger partial charge on any atom is -0.295 e. The number of carbonyl (C=O) groups excluding carboxylic acids is 2. The third kappa shape index (κ3) is 6.01. The van der Waals surface area contributed by atoms with Crippen LogP contribution in [0.25, 0.3) is 0 Å². The minimum atomic E-state index is -4.41. The number of halogens is 3. The number of rotatable bonds is 5. The third-order valence-corrected chi connectivity index (χ3v) is 3.90. The highest BCUT2D eigenvalue weighted by Crippen LogP contribution is 2.21. The van der Waals surface area contributed by atoms with Crippen molar-refractivity contribution in [2.24, 2.45) is 0 Å². The summed E-state index contributed by atoms with van der Waals surface area (Å²) in [5.41, 5.74) is 0. The molecule has 0 bridgehead atoms. The summed E-state index contributed by atoms with van der Waals surface area (Å²) in [6.07, 6.45) is -6.20. The van der Waals surface area contributed by atoms with E-state index in [0.717, 1.165) is 0 Å². The number of hydrogen-bond donors (Lipinski definition) is 2. The van der Waals surface area contributed by atoms with Crippen LogP contribution in [0.1, 0.15) is 25.7 Å². The molecular formula is C9H13F3N2O4S. The molecule has 1 aliphatic rings. The van der Waals surface area contributed by atoms with Gasteiger partial charge in [0.15, 0.2) is 0 Å². The summed E-state index contributed by atoms with van der Waals surface area (Å²) in [7, 11) is -3.98. The highest BCUT2D eigenvalue weighted by molar-refractivity contribution is 7.89. The van der Waals surface area contributed by atoms with Crippen LogP contribution < -0.4 is 10.0 Å². The Morgan fingerprint density at radius 1 is 1.32 bits per heavy atom. The Bertz CT molecular complexity index is 461. The monoisotopic (exact) mass is 302 g/mol. The maximum atomic E-state index is 11.9. The number of hydrogen-bond acceptors (Lipinski definition) is 4. The van der Waals surface area contributed by atoms with Crippen molar-refractivity contribution in [1.82, 2.24) is 10.0 Å². The molecule has 0 aromatic carbocycles. The summed E-state index contributed by atoms with van der Waals surface area (Å²) >= 11 is 0. The number of amides is 2. The Morgan fingerprint density at radius 2 is 1.95 bits per heavy atom. The zero-order valence-electron chi connectivity index (χ0n) is 9.79. The lowest BCUT2D eigenvalue weighted by molar-refractivity contribution is -0.135. The smallest absolute Gasteiger partial charge is 0.295 e. The average molecular weight is 302 g/mol. The first-order valence-electron chi connectivity index (χ1n) is 5.49. The van der Waals surface area contributed by atoms with Gasteiger partial charge in [-0.15, -0.1) is 0 Å². The van der Waals surface area contributed by atoms with E-state index in [2.05, 4.69) is 0 Å². The molecule has 1 aliphatic heterocycles. The molecule has 0 aromatic rings. The molecule has 0 aromatic heterocycles. The van der Waals surface area contributed by atoms with Gasteiger partial charge in [0.2, 0.25) is 21.8 Å². The molecule has 1 rings (SSSR count). The van der Waals surface area contributed by atoms with Crippen LogP contribution in [0.2, 0.25) is 0 Å². The molecule has 0 radical (unpaired) electrons. The van der Waals surface area contributed by atoms with E-state index in [9.17, 15) is 31.2 Å². The van der Waals surface area contributed by atoms with Gasteiger partial charge in [0.1, 0.15) is 6.04 Å². The van der Waals surface area contributed by atoms with E-state index in [1.807, 2.05) is 10.0 Å². The molecule has 0 saturated carbocycles. The second-order valence-corrected chi connectivity index (χ2v) is 6.03. The van der Waals surface area contributed by atoms with Crippen LogP contribution in [0.5, 0.6) is 0 Å².